The van der Waals surface area contributed by atoms with Crippen molar-refractivity contribution in [2.24, 2.45) is 5.73 Å². The van der Waals surface area contributed by atoms with Crippen molar-refractivity contribution in [3.05, 3.63) is 58.3 Å². The summed E-state index contributed by atoms with van der Waals surface area (Å²) in [4.78, 5) is 21.0. The first-order chi connectivity index (χ1) is 9.66. The van der Waals surface area contributed by atoms with Crippen LogP contribution in [0.25, 0.3) is 10.8 Å². The highest BCUT2D eigenvalue weighted by Gasteiger charge is 2.17. The van der Waals surface area contributed by atoms with E-state index in [0.29, 0.717) is 11.3 Å². The van der Waals surface area contributed by atoms with Crippen LogP contribution in [0.5, 0.6) is 0 Å². The van der Waals surface area contributed by atoms with E-state index >= 15 is 0 Å². The molecule has 0 aliphatic carbocycles. The largest absolute Gasteiger partial charge is 0.322 e. The molecule has 2 N–H and O–H groups in total. The van der Waals surface area contributed by atoms with E-state index in [1.54, 1.807) is 17.8 Å². The summed E-state index contributed by atoms with van der Waals surface area (Å²) in [5, 5.41) is 4.35. The predicted molar refractivity (Wildman–Crippen MR) is 79.9 cm³/mol. The number of carbonyl (C=O) groups excluding carboxylic acids is 1. The van der Waals surface area contributed by atoms with Crippen LogP contribution < -0.4 is 5.73 Å². The van der Waals surface area contributed by atoms with Gasteiger partial charge in [0.1, 0.15) is 10.7 Å². The zero-order chi connectivity index (χ0) is 14.1. The van der Waals surface area contributed by atoms with Crippen molar-refractivity contribution in [3.63, 3.8) is 0 Å². The van der Waals surface area contributed by atoms with Gasteiger partial charge in [0.05, 0.1) is 11.6 Å². The highest BCUT2D eigenvalue weighted by molar-refractivity contribution is 7.09. The zero-order valence-electron chi connectivity index (χ0n) is 10.9. The average Bonchev–Trinajstić information content (AvgIpc) is 2.96. The Morgan fingerprint density at radius 1 is 1.30 bits per heavy atom. The molecule has 5 heteroatoms. The first kappa shape index (κ1) is 12.9. The maximum atomic E-state index is 12.6. The molecule has 1 aromatic carbocycles. The van der Waals surface area contributed by atoms with Gasteiger partial charge in [0.2, 0.25) is 5.78 Å². The highest BCUT2D eigenvalue weighted by Crippen LogP contribution is 2.22. The molecule has 4 nitrogen and oxygen atoms in total. The summed E-state index contributed by atoms with van der Waals surface area (Å²) in [5.74, 6) is -0.113. The lowest BCUT2D eigenvalue weighted by Crippen LogP contribution is -2.07. The minimum absolute atomic E-state index is 0.113. The molecule has 1 unspecified atom stereocenters. The molecule has 100 valence electrons. The first-order valence-electron chi connectivity index (χ1n) is 6.25. The van der Waals surface area contributed by atoms with Gasteiger partial charge in [-0.25, -0.2) is 4.98 Å². The average molecular weight is 283 g/mol. The molecular weight excluding hydrogens is 270 g/mol. The van der Waals surface area contributed by atoms with Gasteiger partial charge in [0, 0.05) is 23.2 Å². The minimum Gasteiger partial charge on any atom is -0.322 e. The Hall–Kier alpha value is -2.11. The number of benzene rings is 1. The van der Waals surface area contributed by atoms with Crippen molar-refractivity contribution >= 4 is 27.9 Å². The van der Waals surface area contributed by atoms with Gasteiger partial charge in [0.15, 0.2) is 0 Å². The Balaban J connectivity index is 2.08. The van der Waals surface area contributed by atoms with Crippen molar-refractivity contribution in [1.29, 1.82) is 0 Å². The van der Waals surface area contributed by atoms with Crippen molar-refractivity contribution in [2.45, 2.75) is 13.0 Å². The molecule has 0 radical (unpaired) electrons. The van der Waals surface area contributed by atoms with Gasteiger partial charge < -0.3 is 5.73 Å². The number of aromatic nitrogens is 2. The Morgan fingerprint density at radius 3 is 2.85 bits per heavy atom. The van der Waals surface area contributed by atoms with Gasteiger partial charge in [-0.2, -0.15) is 0 Å². The van der Waals surface area contributed by atoms with Crippen LogP contribution in [0, 0.1) is 0 Å². The first-order valence-corrected chi connectivity index (χ1v) is 7.13. The van der Waals surface area contributed by atoms with Gasteiger partial charge in [-0.3, -0.25) is 9.78 Å². The molecule has 0 saturated carbocycles. The number of hydrogen-bond donors (Lipinski definition) is 1. The number of fused-ring (bicyclic) bond motifs is 1. The van der Waals surface area contributed by atoms with Crippen LogP contribution in [0.3, 0.4) is 0 Å². The van der Waals surface area contributed by atoms with E-state index in [0.717, 1.165) is 15.8 Å². The van der Waals surface area contributed by atoms with E-state index in [1.807, 2.05) is 31.2 Å². The fourth-order valence-electron chi connectivity index (χ4n) is 2.04. The van der Waals surface area contributed by atoms with Crippen LogP contribution in [0.2, 0.25) is 0 Å². The SMILES string of the molecule is CC(N)c1nc(C(=O)c2cncc3ccccc23)cs1. The maximum Gasteiger partial charge on any atom is 0.214 e. The minimum atomic E-state index is -0.160. The van der Waals surface area contributed by atoms with Gasteiger partial charge >= 0.3 is 0 Å². The van der Waals surface area contributed by atoms with Crippen molar-refractivity contribution in [1.82, 2.24) is 9.97 Å². The zero-order valence-corrected chi connectivity index (χ0v) is 11.7. The normalized spacial score (nSPS) is 12.5. The van der Waals surface area contributed by atoms with E-state index in [2.05, 4.69) is 9.97 Å². The molecule has 0 saturated heterocycles. The van der Waals surface area contributed by atoms with Gasteiger partial charge in [-0.05, 0) is 12.3 Å². The third-order valence-corrected chi connectivity index (χ3v) is 4.10. The fraction of sp³-hybridized carbons (Fsp3) is 0.133. The van der Waals surface area contributed by atoms with E-state index < -0.39 is 0 Å². The number of ketones is 1. The van der Waals surface area contributed by atoms with Crippen molar-refractivity contribution in [2.75, 3.05) is 0 Å². The molecule has 3 aromatic rings. The second-order valence-corrected chi connectivity index (χ2v) is 5.49. The number of carbonyl (C=O) groups is 1. The van der Waals surface area contributed by atoms with E-state index in [9.17, 15) is 4.79 Å². The summed E-state index contributed by atoms with van der Waals surface area (Å²) < 4.78 is 0. The number of pyridine rings is 1. The van der Waals surface area contributed by atoms with Crippen LogP contribution in [0.1, 0.15) is 34.0 Å². The van der Waals surface area contributed by atoms with Crippen LogP contribution in [-0.2, 0) is 0 Å². The summed E-state index contributed by atoms with van der Waals surface area (Å²) in [7, 11) is 0. The lowest BCUT2D eigenvalue weighted by atomic mass is 10.0. The Bertz CT molecular complexity index is 774. The monoisotopic (exact) mass is 283 g/mol. The van der Waals surface area contributed by atoms with E-state index in [-0.39, 0.29) is 11.8 Å². The third-order valence-electron chi connectivity index (χ3n) is 3.06. The Kier molecular flexibility index (Phi) is 3.30. The maximum absolute atomic E-state index is 12.6. The number of thiazole rings is 1. The molecule has 0 spiro atoms. The summed E-state index contributed by atoms with van der Waals surface area (Å²) in [6.07, 6.45) is 3.34. The van der Waals surface area contributed by atoms with Crippen molar-refractivity contribution in [3.8, 4) is 0 Å². The summed E-state index contributed by atoms with van der Waals surface area (Å²) >= 11 is 1.41. The molecule has 20 heavy (non-hydrogen) atoms. The van der Waals surface area contributed by atoms with Crippen molar-refractivity contribution < 1.29 is 4.79 Å². The molecule has 0 amide bonds. The molecule has 2 heterocycles. The second-order valence-electron chi connectivity index (χ2n) is 4.60. The predicted octanol–water partition coefficient (Wildman–Crippen LogP) is 2.94. The van der Waals surface area contributed by atoms with Gasteiger partial charge in [-0.15, -0.1) is 11.3 Å². The molecule has 2 aromatic heterocycles. The summed E-state index contributed by atoms with van der Waals surface area (Å²) in [6.45, 7) is 1.85. The van der Waals surface area contributed by atoms with Gasteiger partial charge in [0.25, 0.3) is 0 Å². The summed E-state index contributed by atoms with van der Waals surface area (Å²) in [5.41, 5.74) is 6.79. The Morgan fingerprint density at radius 2 is 2.10 bits per heavy atom. The third kappa shape index (κ3) is 2.21. The highest BCUT2D eigenvalue weighted by atomic mass is 32.1. The number of rotatable bonds is 3. The molecule has 1 atom stereocenters. The van der Waals surface area contributed by atoms with E-state index in [4.69, 9.17) is 5.73 Å². The van der Waals surface area contributed by atoms with Crippen LogP contribution >= 0.6 is 11.3 Å². The van der Waals surface area contributed by atoms with Crippen LogP contribution in [0.4, 0.5) is 0 Å². The standard InChI is InChI=1S/C15H13N3OS/c1-9(16)15-18-13(8-20-15)14(19)12-7-17-6-10-4-2-3-5-11(10)12/h2-9H,16H2,1H3. The number of nitrogens with two attached hydrogens (primary N) is 1. The number of hydrogen-bond acceptors (Lipinski definition) is 5. The number of nitrogens with zero attached hydrogens (tertiary/aromatic N) is 2. The molecule has 0 bridgehead atoms. The van der Waals surface area contributed by atoms with Crippen LogP contribution in [-0.4, -0.2) is 15.8 Å². The molecule has 0 fully saturated rings. The fourth-order valence-corrected chi connectivity index (χ4v) is 2.79. The lowest BCUT2D eigenvalue weighted by molar-refractivity contribution is 0.103. The van der Waals surface area contributed by atoms with Crippen LogP contribution in [0.15, 0.2) is 42.0 Å². The molecule has 0 aliphatic heterocycles. The smallest absolute Gasteiger partial charge is 0.214 e. The topological polar surface area (TPSA) is 68.9 Å². The van der Waals surface area contributed by atoms with E-state index in [1.165, 1.54) is 11.3 Å². The molecular formula is C15H13N3OS. The quantitative estimate of drug-likeness (QED) is 0.750. The summed E-state index contributed by atoms with van der Waals surface area (Å²) in [6, 6.07) is 7.53. The Labute approximate surface area is 120 Å². The lowest BCUT2D eigenvalue weighted by Gasteiger charge is -2.03. The van der Waals surface area contributed by atoms with Gasteiger partial charge in [-0.1, -0.05) is 24.3 Å². The second kappa shape index (κ2) is 5.11. The molecule has 0 aliphatic rings. The molecule has 3 rings (SSSR count).